The zero-order chi connectivity index (χ0) is 46.3. The fourth-order valence-electron chi connectivity index (χ4n) is 12.5. The Kier molecular flexibility index (Phi) is 7.82. The highest BCUT2D eigenvalue weighted by Gasteiger charge is 2.27. The molecule has 5 aromatic heterocycles. The van der Waals surface area contributed by atoms with Crippen LogP contribution >= 0.6 is 0 Å². The lowest BCUT2D eigenvalue weighted by molar-refractivity contribution is 1.11. The third-order valence-corrected chi connectivity index (χ3v) is 15.2. The van der Waals surface area contributed by atoms with Gasteiger partial charge in [-0.2, -0.15) is 0 Å². The number of aromatic nitrogens is 5. The third-order valence-electron chi connectivity index (χ3n) is 15.2. The minimum atomic E-state index is 1.13. The average molecular weight is 904 g/mol. The molecule has 0 aliphatic carbocycles. The monoisotopic (exact) mass is 903 g/mol. The largest absolute Gasteiger partial charge is 0.309 e. The molecule has 16 aromatic rings. The summed E-state index contributed by atoms with van der Waals surface area (Å²) in [5.74, 6) is 0. The fourth-order valence-corrected chi connectivity index (χ4v) is 12.5. The second-order valence-corrected chi connectivity index (χ2v) is 18.8. The maximum Gasteiger partial charge on any atom is 0.0783 e. The van der Waals surface area contributed by atoms with Crippen LogP contribution in [0.4, 0.5) is 0 Å². The lowest BCUT2D eigenvalue weighted by Gasteiger charge is -2.17. The Bertz CT molecular complexity index is 4850. The van der Waals surface area contributed by atoms with Gasteiger partial charge in [-0.05, 0) is 97.1 Å². The van der Waals surface area contributed by atoms with E-state index < -0.39 is 0 Å². The van der Waals surface area contributed by atoms with Crippen molar-refractivity contribution in [2.75, 3.05) is 0 Å². The first-order chi connectivity index (χ1) is 35.3. The molecule has 0 aliphatic rings. The van der Waals surface area contributed by atoms with Gasteiger partial charge in [-0.25, -0.2) is 0 Å². The molecule has 5 heterocycles. The van der Waals surface area contributed by atoms with E-state index in [2.05, 4.69) is 272 Å². The minimum absolute atomic E-state index is 1.13. The summed E-state index contributed by atoms with van der Waals surface area (Å²) in [6.07, 6.45) is 0. The summed E-state index contributed by atoms with van der Waals surface area (Å²) in [7, 11) is 0. The SMILES string of the molecule is c1ccc(-n2c3ccccc3c3c4c5c6c7ccccc7n(-c7cccc8c9ccccc9n(-c9cccc%10c%11ccccc%11n(-c%11ccccc%11)c9%10)c78)c6ccc5n(-c5ccccc5)c4ccc32)cc1. The van der Waals surface area contributed by atoms with Crippen molar-refractivity contribution >= 4 is 109 Å². The molecule has 0 unspecified atom stereocenters. The summed E-state index contributed by atoms with van der Waals surface area (Å²) in [5, 5.41) is 12.3. The lowest BCUT2D eigenvalue weighted by atomic mass is 10.0. The molecule has 0 fully saturated rings. The molecule has 330 valence electrons. The van der Waals surface area contributed by atoms with Crippen LogP contribution in [-0.4, -0.2) is 22.8 Å². The van der Waals surface area contributed by atoms with Crippen molar-refractivity contribution in [3.8, 4) is 28.4 Å². The molecule has 0 aliphatic heterocycles. The standard InChI is InChI=1S/C66H41N5/c1-4-20-42(21-5-1)67-53-34-16-12-28-49(53)61-55(67)38-40-57-63(61)64-58(68(57)43-22-6-2-7-23-43)41-39-56-62(64)50-29-13-17-35-54(50)70(56)59-36-18-31-48-46-27-11-15-33-52(46)71(66(48)59)60-37-19-30-47-45-26-10-14-32-51(45)69(65(47)60)44-24-8-3-9-25-44/h1-41H. The van der Waals surface area contributed by atoms with Crippen LogP contribution in [0.15, 0.2) is 249 Å². The van der Waals surface area contributed by atoms with Gasteiger partial charge in [0.1, 0.15) is 0 Å². The molecule has 0 radical (unpaired) electrons. The first kappa shape index (κ1) is 38.4. The van der Waals surface area contributed by atoms with Crippen molar-refractivity contribution in [1.82, 2.24) is 22.8 Å². The van der Waals surface area contributed by atoms with Gasteiger partial charge >= 0.3 is 0 Å². The highest BCUT2D eigenvalue weighted by molar-refractivity contribution is 6.36. The molecular weight excluding hydrogens is 863 g/mol. The number of benzene rings is 11. The highest BCUT2D eigenvalue weighted by Crippen LogP contribution is 2.49. The smallest absolute Gasteiger partial charge is 0.0783 e. The molecule has 11 aromatic carbocycles. The van der Waals surface area contributed by atoms with Gasteiger partial charge in [0.05, 0.1) is 66.5 Å². The summed E-state index contributed by atoms with van der Waals surface area (Å²) in [6, 6.07) is 91.4. The van der Waals surface area contributed by atoms with Gasteiger partial charge in [0, 0.05) is 70.9 Å². The Morgan fingerprint density at radius 3 is 0.972 bits per heavy atom. The predicted molar refractivity (Wildman–Crippen MR) is 298 cm³/mol. The molecule has 0 amide bonds. The van der Waals surface area contributed by atoms with Crippen molar-refractivity contribution in [3.05, 3.63) is 249 Å². The number of hydrogen-bond acceptors (Lipinski definition) is 0. The second-order valence-electron chi connectivity index (χ2n) is 18.8. The van der Waals surface area contributed by atoms with E-state index in [1.54, 1.807) is 0 Å². The Morgan fingerprint density at radius 2 is 0.479 bits per heavy atom. The molecule has 0 saturated carbocycles. The van der Waals surface area contributed by atoms with E-state index in [1.165, 1.54) is 92.5 Å². The van der Waals surface area contributed by atoms with Gasteiger partial charge < -0.3 is 22.8 Å². The van der Waals surface area contributed by atoms with Gasteiger partial charge in [0.2, 0.25) is 0 Å². The molecule has 5 heteroatoms. The Balaban J connectivity index is 1.09. The maximum absolute atomic E-state index is 2.55. The number of nitrogens with zero attached hydrogens (tertiary/aromatic N) is 5. The molecule has 0 N–H and O–H groups in total. The van der Waals surface area contributed by atoms with Gasteiger partial charge in [-0.3, -0.25) is 0 Å². The molecule has 0 atom stereocenters. The van der Waals surface area contributed by atoms with Crippen LogP contribution in [0.3, 0.4) is 0 Å². The lowest BCUT2D eigenvalue weighted by Crippen LogP contribution is -2.03. The van der Waals surface area contributed by atoms with E-state index in [9.17, 15) is 0 Å². The van der Waals surface area contributed by atoms with Gasteiger partial charge in [-0.1, -0.05) is 152 Å². The van der Waals surface area contributed by atoms with Gasteiger partial charge in [0.25, 0.3) is 0 Å². The van der Waals surface area contributed by atoms with Crippen LogP contribution in [0.1, 0.15) is 0 Å². The molecule has 71 heavy (non-hydrogen) atoms. The van der Waals surface area contributed by atoms with Crippen molar-refractivity contribution < 1.29 is 0 Å². The molecule has 0 bridgehead atoms. The van der Waals surface area contributed by atoms with Crippen LogP contribution in [-0.2, 0) is 0 Å². The number of para-hydroxylation sites is 9. The Labute approximate surface area is 407 Å². The first-order valence-electron chi connectivity index (χ1n) is 24.5. The Hall–Kier alpha value is -9.58. The predicted octanol–water partition coefficient (Wildman–Crippen LogP) is 17.2. The fraction of sp³-hybridized carbons (Fsp3) is 0. The number of hydrogen-bond donors (Lipinski definition) is 0. The van der Waals surface area contributed by atoms with Crippen molar-refractivity contribution in [3.63, 3.8) is 0 Å². The van der Waals surface area contributed by atoms with E-state index in [0.29, 0.717) is 0 Å². The van der Waals surface area contributed by atoms with Crippen LogP contribution in [0.5, 0.6) is 0 Å². The summed E-state index contributed by atoms with van der Waals surface area (Å²) in [6.45, 7) is 0. The van der Waals surface area contributed by atoms with Gasteiger partial charge in [-0.15, -0.1) is 0 Å². The third kappa shape index (κ3) is 5.13. The average Bonchev–Trinajstić information content (AvgIpc) is 4.24. The zero-order valence-electron chi connectivity index (χ0n) is 38.4. The highest BCUT2D eigenvalue weighted by atomic mass is 15.1. The van der Waals surface area contributed by atoms with Gasteiger partial charge in [0.15, 0.2) is 0 Å². The van der Waals surface area contributed by atoms with Crippen LogP contribution in [0, 0.1) is 0 Å². The maximum atomic E-state index is 2.55. The summed E-state index contributed by atoms with van der Waals surface area (Å²) in [5.41, 5.74) is 17.4. The molecule has 0 saturated heterocycles. The number of rotatable bonds is 5. The normalized spacial score (nSPS) is 12.2. The molecule has 16 rings (SSSR count). The van der Waals surface area contributed by atoms with E-state index in [4.69, 9.17) is 0 Å². The zero-order valence-corrected chi connectivity index (χ0v) is 38.4. The summed E-state index contributed by atoms with van der Waals surface area (Å²) in [4.78, 5) is 0. The van der Waals surface area contributed by atoms with Crippen molar-refractivity contribution in [1.29, 1.82) is 0 Å². The first-order valence-corrected chi connectivity index (χ1v) is 24.5. The molecule has 5 nitrogen and oxygen atoms in total. The van der Waals surface area contributed by atoms with Crippen LogP contribution in [0.25, 0.3) is 137 Å². The van der Waals surface area contributed by atoms with E-state index in [0.717, 1.165) is 45.0 Å². The second kappa shape index (κ2) is 14.5. The van der Waals surface area contributed by atoms with E-state index >= 15 is 0 Å². The topological polar surface area (TPSA) is 24.6 Å². The minimum Gasteiger partial charge on any atom is -0.309 e. The van der Waals surface area contributed by atoms with E-state index in [-0.39, 0.29) is 0 Å². The molecular formula is C66H41N5. The molecule has 0 spiro atoms. The van der Waals surface area contributed by atoms with Crippen LogP contribution in [0.2, 0.25) is 0 Å². The Morgan fingerprint density at radius 1 is 0.169 bits per heavy atom. The van der Waals surface area contributed by atoms with Crippen molar-refractivity contribution in [2.24, 2.45) is 0 Å². The summed E-state index contributed by atoms with van der Waals surface area (Å²) >= 11 is 0. The van der Waals surface area contributed by atoms with Crippen LogP contribution < -0.4 is 0 Å². The number of fused-ring (bicyclic) bond motifs is 17. The van der Waals surface area contributed by atoms with E-state index in [1.807, 2.05) is 0 Å². The quantitative estimate of drug-likeness (QED) is 0.164. The van der Waals surface area contributed by atoms with Crippen molar-refractivity contribution in [2.45, 2.75) is 0 Å². The summed E-state index contributed by atoms with van der Waals surface area (Å²) < 4.78 is 12.5.